The number of aryl methyl sites for hydroxylation is 3. The van der Waals surface area contributed by atoms with Crippen molar-refractivity contribution in [3.63, 3.8) is 0 Å². The zero-order valence-corrected chi connectivity index (χ0v) is 20.0. The van der Waals surface area contributed by atoms with Gasteiger partial charge >= 0.3 is 0 Å². The summed E-state index contributed by atoms with van der Waals surface area (Å²) in [6.45, 7) is 3.59. The Morgan fingerprint density at radius 2 is 1.68 bits per heavy atom. The Morgan fingerprint density at radius 1 is 1.00 bits per heavy atom. The summed E-state index contributed by atoms with van der Waals surface area (Å²) < 4.78 is 2.12. The molecule has 2 aliphatic rings. The molecule has 34 heavy (non-hydrogen) atoms. The van der Waals surface area contributed by atoms with Gasteiger partial charge in [0, 0.05) is 56.8 Å². The average molecular weight is 459 g/mol. The van der Waals surface area contributed by atoms with Crippen molar-refractivity contribution in [2.45, 2.75) is 44.6 Å². The van der Waals surface area contributed by atoms with Crippen LogP contribution in [0.5, 0.6) is 0 Å². The number of carbonyl (C=O) groups is 1. The molecule has 1 saturated carbocycles. The molecular weight excluding hydrogens is 424 g/mol. The van der Waals surface area contributed by atoms with Gasteiger partial charge in [-0.2, -0.15) is 0 Å². The van der Waals surface area contributed by atoms with Crippen LogP contribution >= 0.6 is 0 Å². The SMILES string of the molecule is Cn1c(CCc2ccc(C(=N)N)cc2)nc2cc(C(=O)N3CCN(C4CCCC4)CC3)ccc21. The minimum absolute atomic E-state index is 0.0861. The summed E-state index contributed by atoms with van der Waals surface area (Å²) in [4.78, 5) is 22.6. The van der Waals surface area contributed by atoms with Gasteiger partial charge in [-0.05, 0) is 43.0 Å². The number of hydrogen-bond acceptors (Lipinski definition) is 4. The summed E-state index contributed by atoms with van der Waals surface area (Å²) in [7, 11) is 2.03. The number of nitrogens with zero attached hydrogens (tertiary/aromatic N) is 4. The van der Waals surface area contributed by atoms with Crippen molar-refractivity contribution in [3.8, 4) is 0 Å². The van der Waals surface area contributed by atoms with Gasteiger partial charge in [-0.1, -0.05) is 37.1 Å². The van der Waals surface area contributed by atoms with Crippen molar-refractivity contribution in [1.82, 2.24) is 19.4 Å². The summed E-state index contributed by atoms with van der Waals surface area (Å²) in [5.74, 6) is 1.20. The lowest BCUT2D eigenvalue weighted by atomic mass is 10.1. The van der Waals surface area contributed by atoms with Crippen LogP contribution in [0.25, 0.3) is 11.0 Å². The molecule has 1 amide bonds. The van der Waals surface area contributed by atoms with Gasteiger partial charge in [0.25, 0.3) is 5.91 Å². The molecule has 0 bridgehead atoms. The van der Waals surface area contributed by atoms with Crippen LogP contribution in [0.1, 0.15) is 53.0 Å². The van der Waals surface area contributed by atoms with Crippen LogP contribution in [0.4, 0.5) is 0 Å². The number of nitrogens with two attached hydrogens (primary N) is 1. The molecule has 0 spiro atoms. The number of nitrogens with one attached hydrogen (secondary N) is 1. The van der Waals surface area contributed by atoms with Crippen LogP contribution in [0.3, 0.4) is 0 Å². The Kier molecular flexibility index (Phi) is 6.37. The molecule has 1 aliphatic carbocycles. The molecule has 7 nitrogen and oxygen atoms in total. The first-order valence-corrected chi connectivity index (χ1v) is 12.4. The predicted molar refractivity (Wildman–Crippen MR) is 135 cm³/mol. The largest absolute Gasteiger partial charge is 0.384 e. The van der Waals surface area contributed by atoms with E-state index >= 15 is 0 Å². The Morgan fingerprint density at radius 3 is 2.35 bits per heavy atom. The first-order valence-electron chi connectivity index (χ1n) is 12.4. The Labute approximate surface area is 201 Å². The van der Waals surface area contributed by atoms with Gasteiger partial charge in [-0.3, -0.25) is 15.1 Å². The minimum atomic E-state index is 0.0861. The number of imidazole rings is 1. The quantitative estimate of drug-likeness (QED) is 0.438. The Balaban J connectivity index is 1.24. The fourth-order valence-electron chi connectivity index (χ4n) is 5.46. The minimum Gasteiger partial charge on any atom is -0.384 e. The van der Waals surface area contributed by atoms with Gasteiger partial charge < -0.3 is 15.2 Å². The maximum atomic E-state index is 13.2. The number of aromatic nitrogens is 2. The van der Waals surface area contributed by atoms with Crippen molar-refractivity contribution < 1.29 is 4.79 Å². The third-order valence-electron chi connectivity index (χ3n) is 7.57. The van der Waals surface area contributed by atoms with Crippen LogP contribution < -0.4 is 5.73 Å². The molecule has 1 aromatic heterocycles. The third kappa shape index (κ3) is 4.57. The highest BCUT2D eigenvalue weighted by Gasteiger charge is 2.28. The van der Waals surface area contributed by atoms with Gasteiger partial charge in [0.05, 0.1) is 11.0 Å². The zero-order valence-electron chi connectivity index (χ0n) is 20.0. The van der Waals surface area contributed by atoms with Gasteiger partial charge in [-0.25, -0.2) is 4.98 Å². The summed E-state index contributed by atoms with van der Waals surface area (Å²) >= 11 is 0. The number of fused-ring (bicyclic) bond motifs is 1. The fraction of sp³-hybridized carbons (Fsp3) is 0.444. The van der Waals surface area contributed by atoms with E-state index in [9.17, 15) is 4.79 Å². The molecule has 3 aromatic rings. The zero-order chi connectivity index (χ0) is 23.7. The van der Waals surface area contributed by atoms with Crippen molar-refractivity contribution >= 4 is 22.8 Å². The molecule has 1 saturated heterocycles. The number of benzene rings is 2. The monoisotopic (exact) mass is 458 g/mol. The van der Waals surface area contributed by atoms with Crippen LogP contribution in [-0.4, -0.2) is 63.3 Å². The van der Waals surface area contributed by atoms with E-state index in [1.165, 1.54) is 31.2 Å². The van der Waals surface area contributed by atoms with E-state index in [0.717, 1.165) is 73.0 Å². The van der Waals surface area contributed by atoms with Crippen molar-refractivity contribution in [3.05, 3.63) is 65.0 Å². The maximum absolute atomic E-state index is 13.2. The Bertz CT molecular complexity index is 1180. The van der Waals surface area contributed by atoms with Gasteiger partial charge in [0.15, 0.2) is 0 Å². The van der Waals surface area contributed by atoms with E-state index in [1.54, 1.807) is 0 Å². The number of rotatable bonds is 6. The summed E-state index contributed by atoms with van der Waals surface area (Å²) in [6, 6.07) is 14.5. The van der Waals surface area contributed by atoms with Crippen LogP contribution in [0.15, 0.2) is 42.5 Å². The van der Waals surface area contributed by atoms with Crippen molar-refractivity contribution in [2.24, 2.45) is 12.8 Å². The van der Waals surface area contributed by atoms with E-state index < -0.39 is 0 Å². The number of carbonyl (C=O) groups excluding carboxylic acids is 1. The van der Waals surface area contributed by atoms with Crippen molar-refractivity contribution in [2.75, 3.05) is 26.2 Å². The normalized spacial score (nSPS) is 17.5. The van der Waals surface area contributed by atoms with Gasteiger partial charge in [0.1, 0.15) is 11.7 Å². The lowest BCUT2D eigenvalue weighted by molar-refractivity contribution is 0.0573. The highest BCUT2D eigenvalue weighted by Crippen LogP contribution is 2.25. The highest BCUT2D eigenvalue weighted by molar-refractivity contribution is 5.97. The molecule has 3 N–H and O–H groups in total. The summed E-state index contributed by atoms with van der Waals surface area (Å²) in [5, 5.41) is 7.52. The molecule has 0 unspecified atom stereocenters. The molecule has 2 heterocycles. The topological polar surface area (TPSA) is 91.2 Å². The van der Waals surface area contributed by atoms with Gasteiger partial charge in [0.2, 0.25) is 0 Å². The second-order valence-electron chi connectivity index (χ2n) is 9.67. The average Bonchev–Trinajstić information content (AvgIpc) is 3.51. The summed E-state index contributed by atoms with van der Waals surface area (Å²) in [6.07, 6.45) is 6.99. The molecular formula is C27H34N6O. The fourth-order valence-corrected chi connectivity index (χ4v) is 5.46. The smallest absolute Gasteiger partial charge is 0.254 e. The molecule has 0 atom stereocenters. The van der Waals surface area contributed by atoms with E-state index in [2.05, 4.69) is 9.47 Å². The predicted octanol–water partition coefficient (Wildman–Crippen LogP) is 3.34. The standard InChI is InChI=1S/C27H34N6O/c1-31-24-12-11-21(27(34)33-16-14-32(15-17-33)22-4-2-3-5-22)18-23(24)30-25(31)13-8-19-6-9-20(10-7-19)26(28)29/h6-7,9-12,18,22H,2-5,8,13-17H2,1H3,(H3,28,29). The van der Waals surface area contributed by atoms with Crippen LogP contribution in [0, 0.1) is 5.41 Å². The second kappa shape index (κ2) is 9.58. The molecule has 0 radical (unpaired) electrons. The number of nitrogen functional groups attached to an aromatic ring is 1. The van der Waals surface area contributed by atoms with E-state index in [1.807, 2.05) is 54.4 Å². The molecule has 5 rings (SSSR count). The molecule has 2 fully saturated rings. The van der Waals surface area contributed by atoms with E-state index in [0.29, 0.717) is 0 Å². The molecule has 7 heteroatoms. The second-order valence-corrected chi connectivity index (χ2v) is 9.67. The molecule has 178 valence electrons. The number of amides is 1. The first-order chi connectivity index (χ1) is 16.5. The highest BCUT2D eigenvalue weighted by atomic mass is 16.2. The number of hydrogen-bond donors (Lipinski definition) is 2. The number of piperazine rings is 1. The van der Waals surface area contributed by atoms with E-state index in [-0.39, 0.29) is 11.7 Å². The first kappa shape index (κ1) is 22.6. The molecule has 1 aliphatic heterocycles. The van der Waals surface area contributed by atoms with Crippen LogP contribution in [0.2, 0.25) is 0 Å². The number of amidine groups is 1. The van der Waals surface area contributed by atoms with E-state index in [4.69, 9.17) is 16.1 Å². The van der Waals surface area contributed by atoms with Crippen molar-refractivity contribution in [1.29, 1.82) is 5.41 Å². The van der Waals surface area contributed by atoms with Gasteiger partial charge in [-0.15, -0.1) is 0 Å². The third-order valence-corrected chi connectivity index (χ3v) is 7.57. The lowest BCUT2D eigenvalue weighted by Gasteiger charge is -2.38. The Hall–Kier alpha value is -3.19. The molecule has 2 aromatic carbocycles. The summed E-state index contributed by atoms with van der Waals surface area (Å²) in [5.41, 5.74) is 10.1. The maximum Gasteiger partial charge on any atom is 0.254 e. The van der Waals surface area contributed by atoms with Crippen LogP contribution in [-0.2, 0) is 19.9 Å². The lowest BCUT2D eigenvalue weighted by Crippen LogP contribution is -2.51.